The number of para-hydroxylation sites is 1. The van der Waals surface area contributed by atoms with E-state index in [1.165, 1.54) is 0 Å². The van der Waals surface area contributed by atoms with Gasteiger partial charge in [-0.25, -0.2) is 0 Å². The maximum atomic E-state index is 13.1. The summed E-state index contributed by atoms with van der Waals surface area (Å²) in [6, 6.07) is 13.3. The van der Waals surface area contributed by atoms with E-state index in [4.69, 9.17) is 4.43 Å². The highest BCUT2D eigenvalue weighted by Gasteiger charge is 2.36. The Hall–Kier alpha value is -2.24. The maximum absolute atomic E-state index is 13.1. The number of pyridine rings is 1. The van der Waals surface area contributed by atoms with Gasteiger partial charge in [0.1, 0.15) is 5.60 Å². The maximum Gasteiger partial charge on any atom is 0.198 e. The monoisotopic (exact) mass is 367 g/mol. The molecular weight excluding hydrogens is 342 g/mol. The minimum absolute atomic E-state index is 0.191. The zero-order valence-electron chi connectivity index (χ0n) is 16.2. The molecule has 1 aromatic rings. The van der Waals surface area contributed by atoms with Gasteiger partial charge in [0.15, 0.2) is 19.5 Å². The molecular formula is C21H25NO3Si. The van der Waals surface area contributed by atoms with Crippen LogP contribution in [0.2, 0.25) is 19.6 Å². The Morgan fingerprint density at radius 1 is 1.08 bits per heavy atom. The van der Waals surface area contributed by atoms with Crippen LogP contribution in [0.1, 0.15) is 24.2 Å². The molecule has 0 fully saturated rings. The number of hydrogen-bond donors (Lipinski definition) is 0. The van der Waals surface area contributed by atoms with Crippen LogP contribution >= 0.6 is 0 Å². The lowest BCUT2D eigenvalue weighted by atomic mass is 9.93. The van der Waals surface area contributed by atoms with Crippen LogP contribution in [0.4, 0.5) is 0 Å². The fourth-order valence-electron chi connectivity index (χ4n) is 3.54. The van der Waals surface area contributed by atoms with Gasteiger partial charge in [-0.15, -0.1) is 0 Å². The third-order valence-electron chi connectivity index (χ3n) is 4.49. The molecule has 5 heteroatoms. The Kier molecular flexibility index (Phi) is 4.41. The predicted octanol–water partition coefficient (Wildman–Crippen LogP) is 4.46. The lowest BCUT2D eigenvalue weighted by Gasteiger charge is -2.31. The molecule has 0 spiro atoms. The average Bonchev–Trinajstić information content (AvgIpc) is 2.53. The molecule has 26 heavy (non-hydrogen) atoms. The van der Waals surface area contributed by atoms with E-state index in [1.807, 2.05) is 67.7 Å². The molecule has 136 valence electrons. The summed E-state index contributed by atoms with van der Waals surface area (Å²) in [5, 5.41) is 0.974. The number of carbonyl (C=O) groups is 1. The Bertz CT molecular complexity index is 1030. The average molecular weight is 368 g/mol. The number of Topliss-reactive ketones (excluding diaryl/α,β-unsaturated/α-hetero) is 1. The summed E-state index contributed by atoms with van der Waals surface area (Å²) < 4.78 is 8.04. The molecule has 0 saturated heterocycles. The molecule has 2 aliphatic rings. The van der Waals surface area contributed by atoms with Crippen molar-refractivity contribution in [2.45, 2.75) is 39.1 Å². The number of fused-ring (bicyclic) bond motifs is 2. The van der Waals surface area contributed by atoms with Crippen molar-refractivity contribution >= 4 is 25.0 Å². The van der Waals surface area contributed by atoms with Gasteiger partial charge < -0.3 is 8.99 Å². The topological polar surface area (TPSA) is 48.3 Å². The van der Waals surface area contributed by atoms with Crippen molar-refractivity contribution in [3.05, 3.63) is 58.3 Å². The standard InChI is InChI=1S/C21H25NO3Si/c1-21(2,25-26(4,5)6)20(24)15-11-12-18-16(19(15)23)13-14-9-7-8-10-17(14)22(18)3/h7-13H,1-6H3. The lowest BCUT2D eigenvalue weighted by Crippen LogP contribution is -2.45. The number of benzene rings is 2. The van der Waals surface area contributed by atoms with Gasteiger partial charge >= 0.3 is 0 Å². The van der Waals surface area contributed by atoms with E-state index in [-0.39, 0.29) is 16.8 Å². The van der Waals surface area contributed by atoms with Crippen LogP contribution in [0.5, 0.6) is 0 Å². The summed E-state index contributed by atoms with van der Waals surface area (Å²) in [7, 11) is 0.00284. The third-order valence-corrected chi connectivity index (χ3v) is 5.61. The van der Waals surface area contributed by atoms with Gasteiger partial charge in [0, 0.05) is 18.1 Å². The zero-order chi connectivity index (χ0) is 19.3. The fraction of sp³-hybridized carbons (Fsp3) is 0.333. The van der Waals surface area contributed by atoms with Crippen molar-refractivity contribution in [3.8, 4) is 11.3 Å². The molecule has 0 amide bonds. The quantitative estimate of drug-likeness (QED) is 0.389. The second-order valence-corrected chi connectivity index (χ2v) is 12.6. The lowest BCUT2D eigenvalue weighted by molar-refractivity contribution is 0.0556. The van der Waals surface area contributed by atoms with E-state index < -0.39 is 13.9 Å². The van der Waals surface area contributed by atoms with E-state index in [0.717, 1.165) is 16.6 Å². The van der Waals surface area contributed by atoms with Crippen LogP contribution < -0.4 is 5.43 Å². The molecule has 1 heterocycles. The van der Waals surface area contributed by atoms with Gasteiger partial charge in [0.05, 0.1) is 11.3 Å². The molecule has 4 nitrogen and oxygen atoms in total. The van der Waals surface area contributed by atoms with Gasteiger partial charge in [-0.3, -0.25) is 9.59 Å². The molecule has 0 bridgehead atoms. The number of ketones is 1. The van der Waals surface area contributed by atoms with Crippen LogP contribution in [-0.4, -0.2) is 24.3 Å². The molecule has 0 unspecified atom stereocenters. The molecule has 1 aliphatic heterocycles. The van der Waals surface area contributed by atoms with Crippen molar-refractivity contribution < 1.29 is 9.22 Å². The van der Waals surface area contributed by atoms with E-state index in [0.29, 0.717) is 5.56 Å². The Morgan fingerprint density at radius 3 is 2.38 bits per heavy atom. The third kappa shape index (κ3) is 3.24. The Morgan fingerprint density at radius 2 is 1.73 bits per heavy atom. The summed E-state index contributed by atoms with van der Waals surface area (Å²) in [5.41, 5.74) is 1.35. The minimum atomic E-state index is -1.93. The van der Waals surface area contributed by atoms with Gasteiger partial charge in [0.25, 0.3) is 0 Å². The van der Waals surface area contributed by atoms with Gasteiger partial charge in [-0.2, -0.15) is 0 Å². The smallest absolute Gasteiger partial charge is 0.198 e. The number of nitrogens with zero attached hydrogens (tertiary/aromatic N) is 1. The number of rotatable bonds is 4. The van der Waals surface area contributed by atoms with Crippen LogP contribution in [0, 0.1) is 0 Å². The summed E-state index contributed by atoms with van der Waals surface area (Å²) in [5.74, 6) is -0.261. The van der Waals surface area contributed by atoms with Gasteiger partial charge in [-0.1, -0.05) is 18.2 Å². The second-order valence-electron chi connectivity index (χ2n) is 8.19. The molecule has 1 aliphatic carbocycles. The normalized spacial score (nSPS) is 12.7. The molecule has 0 aromatic heterocycles. The van der Waals surface area contributed by atoms with Gasteiger partial charge in [0.2, 0.25) is 0 Å². The molecule has 0 saturated carbocycles. The first-order valence-electron chi connectivity index (χ1n) is 8.78. The summed E-state index contributed by atoms with van der Waals surface area (Å²) in [6.45, 7) is 9.60. The highest BCUT2D eigenvalue weighted by atomic mass is 28.4. The van der Waals surface area contributed by atoms with E-state index >= 15 is 0 Å². The number of carbonyl (C=O) groups excluding carboxylic acids is 1. The van der Waals surface area contributed by atoms with Crippen LogP contribution in [-0.2, 0) is 11.5 Å². The Labute approximate surface area is 154 Å². The highest BCUT2D eigenvalue weighted by Crippen LogP contribution is 2.27. The zero-order valence-corrected chi connectivity index (χ0v) is 17.2. The summed E-state index contributed by atoms with van der Waals surface area (Å²) in [4.78, 5) is 26.1. The first-order valence-corrected chi connectivity index (χ1v) is 12.2. The first-order chi connectivity index (χ1) is 12.0. The van der Waals surface area contributed by atoms with Crippen molar-refractivity contribution in [1.82, 2.24) is 4.57 Å². The van der Waals surface area contributed by atoms with Crippen molar-refractivity contribution in [2.24, 2.45) is 7.05 Å². The molecule has 0 N–H and O–H groups in total. The second kappa shape index (κ2) is 6.18. The molecule has 0 radical (unpaired) electrons. The largest absolute Gasteiger partial charge is 0.405 e. The van der Waals surface area contributed by atoms with Crippen LogP contribution in [0.3, 0.4) is 0 Å². The van der Waals surface area contributed by atoms with Crippen LogP contribution in [0.25, 0.3) is 22.2 Å². The molecule has 3 rings (SSSR count). The number of aryl methyl sites for hydroxylation is 1. The van der Waals surface area contributed by atoms with Crippen molar-refractivity contribution in [2.75, 3.05) is 0 Å². The SMILES string of the molecule is Cn1c2ccc(C(=O)C(C)(C)O[Si](C)(C)C)c(=O)c-2cc2ccccc21. The Balaban J connectivity index is 2.19. The van der Waals surface area contributed by atoms with E-state index in [9.17, 15) is 9.59 Å². The fourth-order valence-corrected chi connectivity index (χ4v) is 5.16. The van der Waals surface area contributed by atoms with E-state index in [1.54, 1.807) is 19.9 Å². The van der Waals surface area contributed by atoms with Crippen LogP contribution in [0.15, 0.2) is 47.3 Å². The summed E-state index contributed by atoms with van der Waals surface area (Å²) in [6.07, 6.45) is 0. The minimum Gasteiger partial charge on any atom is -0.405 e. The van der Waals surface area contributed by atoms with Crippen molar-refractivity contribution in [1.29, 1.82) is 0 Å². The first kappa shape index (κ1) is 18.5. The molecule has 0 atom stereocenters. The van der Waals surface area contributed by atoms with E-state index in [2.05, 4.69) is 0 Å². The predicted molar refractivity (Wildman–Crippen MR) is 109 cm³/mol. The highest BCUT2D eigenvalue weighted by molar-refractivity contribution is 6.70. The summed E-state index contributed by atoms with van der Waals surface area (Å²) >= 11 is 0. The van der Waals surface area contributed by atoms with Crippen molar-refractivity contribution in [3.63, 3.8) is 0 Å². The number of hydrogen-bond acceptors (Lipinski definition) is 3. The van der Waals surface area contributed by atoms with Gasteiger partial charge in [-0.05, 0) is 63.1 Å². The molecule has 1 aromatic carbocycles. The number of aromatic nitrogens is 1.